The van der Waals surface area contributed by atoms with E-state index in [9.17, 15) is 13.2 Å². The lowest BCUT2D eigenvalue weighted by molar-refractivity contribution is 0.0997. The number of pyridine rings is 2. The van der Waals surface area contributed by atoms with Crippen molar-refractivity contribution in [2.75, 3.05) is 34.8 Å². The number of benzene rings is 1. The van der Waals surface area contributed by atoms with Crippen LogP contribution >= 0.6 is 0 Å². The van der Waals surface area contributed by atoms with Crippen LogP contribution in [0.1, 0.15) is 56.8 Å². The molecule has 0 spiro atoms. The maximum absolute atomic E-state index is 13.8. The SMILES string of the molecule is CC1CN(c2nccc(S(=O)(=O)c3cccc(Nc4ccc(N5CCCCC5)cc4)n3)c2C(N)=O)C(C)(C)C1. The molecule has 1 amide bonds. The van der Waals surface area contributed by atoms with E-state index in [0.29, 0.717) is 24.1 Å². The highest BCUT2D eigenvalue weighted by atomic mass is 32.2. The number of aromatic nitrogens is 2. The number of piperidine rings is 1. The zero-order valence-corrected chi connectivity index (χ0v) is 23.5. The predicted octanol–water partition coefficient (Wildman–Crippen LogP) is 4.77. The molecular weight excluding hydrogens is 512 g/mol. The normalized spacial score (nSPS) is 19.2. The van der Waals surface area contributed by atoms with Crippen LogP contribution in [0.15, 0.2) is 64.6 Å². The van der Waals surface area contributed by atoms with Gasteiger partial charge in [0.2, 0.25) is 9.84 Å². The minimum absolute atomic E-state index is 0.104. The summed E-state index contributed by atoms with van der Waals surface area (Å²) in [6.45, 7) is 9.01. The fourth-order valence-corrected chi connectivity index (χ4v) is 7.26. The molecule has 2 aromatic heterocycles. The third-order valence-corrected chi connectivity index (χ3v) is 9.31. The van der Waals surface area contributed by atoms with Gasteiger partial charge >= 0.3 is 0 Å². The van der Waals surface area contributed by atoms with E-state index in [2.05, 4.69) is 53.1 Å². The Hall–Kier alpha value is -3.66. The third kappa shape index (κ3) is 5.43. The molecule has 2 saturated heterocycles. The van der Waals surface area contributed by atoms with E-state index in [1.807, 2.05) is 17.0 Å². The molecule has 0 bridgehead atoms. The third-order valence-electron chi connectivity index (χ3n) is 7.62. The number of nitrogens with zero attached hydrogens (tertiary/aromatic N) is 4. The molecule has 0 aliphatic carbocycles. The number of hydrogen-bond acceptors (Lipinski definition) is 8. The van der Waals surface area contributed by atoms with E-state index >= 15 is 0 Å². The Bertz CT molecular complexity index is 1470. The smallest absolute Gasteiger partial charge is 0.253 e. The average Bonchev–Trinajstić information content (AvgIpc) is 3.20. The zero-order valence-electron chi connectivity index (χ0n) is 22.7. The summed E-state index contributed by atoms with van der Waals surface area (Å²) in [6.07, 6.45) is 5.99. The van der Waals surface area contributed by atoms with Gasteiger partial charge in [-0.2, -0.15) is 0 Å². The Kier molecular flexibility index (Phi) is 7.24. The molecular formula is C29H36N6O3S. The largest absolute Gasteiger partial charge is 0.372 e. The lowest BCUT2D eigenvalue weighted by Crippen LogP contribution is -2.40. The molecule has 3 aromatic rings. The lowest BCUT2D eigenvalue weighted by Gasteiger charge is -2.33. The quantitative estimate of drug-likeness (QED) is 0.433. The van der Waals surface area contributed by atoms with E-state index < -0.39 is 15.7 Å². The monoisotopic (exact) mass is 548 g/mol. The minimum atomic E-state index is -4.18. The van der Waals surface area contributed by atoms with Crippen LogP contribution in [-0.2, 0) is 9.84 Å². The Morgan fingerprint density at radius 1 is 1.05 bits per heavy atom. The van der Waals surface area contributed by atoms with Crippen molar-refractivity contribution in [1.29, 1.82) is 0 Å². The van der Waals surface area contributed by atoms with Crippen molar-refractivity contribution in [2.45, 2.75) is 61.9 Å². The molecule has 0 saturated carbocycles. The fraction of sp³-hybridized carbons (Fsp3) is 0.414. The van der Waals surface area contributed by atoms with Crippen LogP contribution in [0, 0.1) is 5.92 Å². The van der Waals surface area contributed by atoms with Crippen molar-refractivity contribution in [1.82, 2.24) is 9.97 Å². The summed E-state index contributed by atoms with van der Waals surface area (Å²) in [4.78, 5) is 25.7. The summed E-state index contributed by atoms with van der Waals surface area (Å²) in [5, 5.41) is 3.03. The molecule has 206 valence electrons. The standard InChI is InChI=1S/C29H36N6O3S/c1-20-18-29(2,3)35(19-20)28-26(27(30)36)23(14-15-31-28)39(37,38)25-9-7-8-24(33-25)32-21-10-12-22(13-11-21)34-16-5-4-6-17-34/h7-15,20H,4-6,16-19H2,1-3H3,(H2,30,36)(H,32,33). The predicted molar refractivity (Wildman–Crippen MR) is 153 cm³/mol. The van der Waals surface area contributed by atoms with E-state index in [4.69, 9.17) is 5.73 Å². The first-order chi connectivity index (χ1) is 18.6. The summed E-state index contributed by atoms with van der Waals surface area (Å²) in [5.41, 5.74) is 7.34. The van der Waals surface area contributed by atoms with Gasteiger partial charge in [-0.25, -0.2) is 18.4 Å². The fourth-order valence-electron chi connectivity index (χ4n) is 5.86. The molecule has 2 aliphatic heterocycles. The number of primary amides is 1. The number of amides is 1. The van der Waals surface area contributed by atoms with Crippen LogP contribution in [0.3, 0.4) is 0 Å². The number of carbonyl (C=O) groups excluding carboxylic acids is 1. The summed E-state index contributed by atoms with van der Waals surface area (Å²) < 4.78 is 27.7. The van der Waals surface area contributed by atoms with Crippen LogP contribution in [-0.4, -0.2) is 49.5 Å². The van der Waals surface area contributed by atoms with Crippen LogP contribution in [0.5, 0.6) is 0 Å². The highest BCUT2D eigenvalue weighted by Gasteiger charge is 2.40. The first kappa shape index (κ1) is 26.9. The number of sulfone groups is 1. The van der Waals surface area contributed by atoms with Crippen molar-refractivity contribution in [2.24, 2.45) is 11.7 Å². The van der Waals surface area contributed by atoms with Gasteiger partial charge < -0.3 is 20.9 Å². The van der Waals surface area contributed by atoms with Gasteiger partial charge in [-0.1, -0.05) is 13.0 Å². The number of anilines is 4. The second-order valence-corrected chi connectivity index (χ2v) is 13.1. The molecule has 1 atom stereocenters. The molecule has 5 rings (SSSR count). The number of nitrogens with two attached hydrogens (primary N) is 1. The van der Waals surface area contributed by atoms with Crippen LogP contribution in [0.25, 0.3) is 0 Å². The topological polar surface area (TPSA) is 122 Å². The van der Waals surface area contributed by atoms with Crippen LogP contribution in [0.4, 0.5) is 23.0 Å². The minimum Gasteiger partial charge on any atom is -0.372 e. The van der Waals surface area contributed by atoms with Crippen molar-refractivity contribution >= 4 is 38.8 Å². The average molecular weight is 549 g/mol. The molecule has 9 nitrogen and oxygen atoms in total. The first-order valence-corrected chi connectivity index (χ1v) is 15.0. The van der Waals surface area contributed by atoms with E-state index in [0.717, 1.165) is 25.2 Å². The van der Waals surface area contributed by atoms with E-state index in [1.165, 1.54) is 43.3 Å². The van der Waals surface area contributed by atoms with Gasteiger partial charge in [-0.3, -0.25) is 4.79 Å². The Balaban J connectivity index is 1.44. The Morgan fingerprint density at radius 3 is 2.41 bits per heavy atom. The number of carbonyl (C=O) groups is 1. The van der Waals surface area contributed by atoms with Gasteiger partial charge in [0.1, 0.15) is 17.2 Å². The maximum atomic E-state index is 13.8. The van der Waals surface area contributed by atoms with Gasteiger partial charge in [0.25, 0.3) is 5.91 Å². The van der Waals surface area contributed by atoms with Gasteiger partial charge in [0.15, 0.2) is 5.03 Å². The number of hydrogen-bond donors (Lipinski definition) is 2. The lowest BCUT2D eigenvalue weighted by atomic mass is 9.97. The van der Waals surface area contributed by atoms with Gasteiger partial charge in [0, 0.05) is 42.7 Å². The molecule has 2 aliphatic rings. The Morgan fingerprint density at radius 2 is 1.77 bits per heavy atom. The molecule has 1 unspecified atom stereocenters. The van der Waals surface area contributed by atoms with Gasteiger partial charge in [-0.15, -0.1) is 0 Å². The summed E-state index contributed by atoms with van der Waals surface area (Å²) >= 11 is 0. The molecule has 1 aromatic carbocycles. The maximum Gasteiger partial charge on any atom is 0.253 e. The summed E-state index contributed by atoms with van der Waals surface area (Å²) in [7, 11) is -4.18. The highest BCUT2D eigenvalue weighted by molar-refractivity contribution is 7.91. The van der Waals surface area contributed by atoms with Crippen LogP contribution in [0.2, 0.25) is 0 Å². The van der Waals surface area contributed by atoms with Crippen LogP contribution < -0.4 is 20.9 Å². The second-order valence-electron chi connectivity index (χ2n) is 11.2. The number of rotatable bonds is 7. The molecule has 0 radical (unpaired) electrons. The van der Waals surface area contributed by atoms with Crippen molar-refractivity contribution < 1.29 is 13.2 Å². The van der Waals surface area contributed by atoms with Crippen molar-refractivity contribution in [3.8, 4) is 0 Å². The van der Waals surface area contributed by atoms with E-state index in [1.54, 1.807) is 12.1 Å². The molecule has 3 N–H and O–H groups in total. The van der Waals surface area contributed by atoms with Crippen molar-refractivity contribution in [3.63, 3.8) is 0 Å². The molecule has 10 heteroatoms. The summed E-state index contributed by atoms with van der Waals surface area (Å²) in [6, 6.07) is 14.1. The van der Waals surface area contributed by atoms with Gasteiger partial charge in [-0.05, 0) is 87.9 Å². The number of nitrogens with one attached hydrogen (secondary N) is 1. The summed E-state index contributed by atoms with van der Waals surface area (Å²) in [5.74, 6) is 0.198. The molecule has 39 heavy (non-hydrogen) atoms. The zero-order chi connectivity index (χ0) is 27.8. The first-order valence-electron chi connectivity index (χ1n) is 13.5. The molecule has 2 fully saturated rings. The van der Waals surface area contributed by atoms with Crippen molar-refractivity contribution in [3.05, 3.63) is 60.3 Å². The Labute approximate surface area is 230 Å². The van der Waals surface area contributed by atoms with Gasteiger partial charge in [0.05, 0.1) is 4.90 Å². The second kappa shape index (κ2) is 10.5. The highest BCUT2D eigenvalue weighted by Crippen LogP contribution is 2.39. The van der Waals surface area contributed by atoms with E-state index in [-0.39, 0.29) is 21.0 Å². The molecule has 4 heterocycles.